The number of hydrogen-bond acceptors (Lipinski definition) is 2. The Morgan fingerprint density at radius 2 is 2.33 bits per heavy atom. The molecule has 18 heavy (non-hydrogen) atoms. The molecule has 0 atom stereocenters. The van der Waals surface area contributed by atoms with Crippen molar-refractivity contribution >= 4 is 28.6 Å². The Hall–Kier alpha value is -1.68. The summed E-state index contributed by atoms with van der Waals surface area (Å²) in [6, 6.07) is 7.69. The van der Waals surface area contributed by atoms with Crippen LogP contribution in [-0.4, -0.2) is 28.9 Å². The first kappa shape index (κ1) is 12.8. The zero-order valence-corrected chi connectivity index (χ0v) is 10.9. The molecule has 0 bridgehead atoms. The van der Waals surface area contributed by atoms with Gasteiger partial charge in [0.05, 0.1) is 11.1 Å². The molecular weight excluding hydrogens is 244 g/mol. The van der Waals surface area contributed by atoms with E-state index in [1.54, 1.807) is 11.8 Å². The number of para-hydroxylation sites is 1. The molecule has 0 unspecified atom stereocenters. The Morgan fingerprint density at radius 1 is 1.44 bits per heavy atom. The number of benzene rings is 1. The van der Waals surface area contributed by atoms with Crippen LogP contribution in [0.25, 0.3) is 10.9 Å². The third-order valence-corrected chi connectivity index (χ3v) is 3.56. The molecule has 0 saturated heterocycles. The molecule has 0 saturated carbocycles. The highest BCUT2D eigenvalue weighted by molar-refractivity contribution is 7.99. The minimum Gasteiger partial charge on any atom is -0.361 e. The second-order valence-electron chi connectivity index (χ2n) is 3.87. The van der Waals surface area contributed by atoms with Gasteiger partial charge < -0.3 is 10.3 Å². The lowest BCUT2D eigenvalue weighted by atomic mass is 10.1. The molecule has 2 rings (SSSR count). The summed E-state index contributed by atoms with van der Waals surface area (Å²) in [4.78, 5) is 15.1. The van der Waals surface area contributed by atoms with E-state index in [1.807, 2.05) is 36.5 Å². The molecule has 94 valence electrons. The largest absolute Gasteiger partial charge is 0.361 e. The normalized spacial score (nSPS) is 10.4. The van der Waals surface area contributed by atoms with Gasteiger partial charge in [-0.15, -0.1) is 6.58 Å². The molecule has 0 spiro atoms. The van der Waals surface area contributed by atoms with Gasteiger partial charge in [-0.2, -0.15) is 11.8 Å². The first-order chi connectivity index (χ1) is 8.83. The molecule has 1 aromatic heterocycles. The highest BCUT2D eigenvalue weighted by atomic mass is 32.2. The topological polar surface area (TPSA) is 44.9 Å². The summed E-state index contributed by atoms with van der Waals surface area (Å²) in [5, 5.41) is 3.98. The molecule has 0 aliphatic heterocycles. The fraction of sp³-hybridized carbons (Fsp3) is 0.214. The average Bonchev–Trinajstić information content (AvgIpc) is 2.86. The molecule has 2 N–H and O–H groups in total. The van der Waals surface area contributed by atoms with E-state index in [-0.39, 0.29) is 5.91 Å². The average molecular weight is 260 g/mol. The number of nitrogens with one attached hydrogen (secondary N) is 2. The van der Waals surface area contributed by atoms with Gasteiger partial charge in [-0.3, -0.25) is 4.79 Å². The number of hydrogen-bond donors (Lipinski definition) is 2. The lowest BCUT2D eigenvalue weighted by Crippen LogP contribution is -2.26. The minimum absolute atomic E-state index is 0.0257. The first-order valence-electron chi connectivity index (χ1n) is 5.86. The number of H-pyrrole nitrogens is 1. The second kappa shape index (κ2) is 6.31. The Labute approximate surface area is 111 Å². The molecule has 2 aromatic rings. The van der Waals surface area contributed by atoms with Crippen LogP contribution in [0.5, 0.6) is 0 Å². The van der Waals surface area contributed by atoms with Gasteiger partial charge in [-0.25, -0.2) is 0 Å². The Balaban J connectivity index is 1.96. The quantitative estimate of drug-likeness (QED) is 0.619. The van der Waals surface area contributed by atoms with Crippen LogP contribution >= 0.6 is 11.8 Å². The molecular formula is C14H16N2OS. The van der Waals surface area contributed by atoms with E-state index in [0.717, 1.165) is 22.4 Å². The standard InChI is InChI=1S/C14H16N2OS/c1-2-9-18-10-8-16-14(17)12-5-3-4-11-6-7-15-13(11)12/h2-7,15H,1,8-10H2,(H,16,17). The zero-order valence-electron chi connectivity index (χ0n) is 10.1. The molecule has 0 fully saturated rings. The highest BCUT2D eigenvalue weighted by Gasteiger charge is 2.09. The van der Waals surface area contributed by atoms with Crippen molar-refractivity contribution in [1.82, 2.24) is 10.3 Å². The highest BCUT2D eigenvalue weighted by Crippen LogP contribution is 2.16. The van der Waals surface area contributed by atoms with Gasteiger partial charge in [0, 0.05) is 29.6 Å². The molecule has 0 aliphatic carbocycles. The summed E-state index contributed by atoms with van der Waals surface area (Å²) < 4.78 is 0. The third-order valence-electron chi connectivity index (χ3n) is 2.60. The fourth-order valence-electron chi connectivity index (χ4n) is 1.77. The van der Waals surface area contributed by atoms with Crippen molar-refractivity contribution in [1.29, 1.82) is 0 Å². The molecule has 4 heteroatoms. The number of aromatic nitrogens is 1. The van der Waals surface area contributed by atoms with Gasteiger partial charge in [-0.05, 0) is 12.1 Å². The number of carbonyl (C=O) groups is 1. The monoisotopic (exact) mass is 260 g/mol. The molecule has 1 amide bonds. The van der Waals surface area contributed by atoms with Gasteiger partial charge in [0.15, 0.2) is 0 Å². The van der Waals surface area contributed by atoms with Crippen LogP contribution < -0.4 is 5.32 Å². The summed E-state index contributed by atoms with van der Waals surface area (Å²) in [6.45, 7) is 4.33. The molecule has 3 nitrogen and oxygen atoms in total. The Bertz CT molecular complexity index is 547. The maximum absolute atomic E-state index is 12.0. The van der Waals surface area contributed by atoms with Crippen LogP contribution in [0.2, 0.25) is 0 Å². The number of carbonyl (C=O) groups excluding carboxylic acids is 1. The summed E-state index contributed by atoms with van der Waals surface area (Å²) >= 11 is 1.76. The van der Waals surface area contributed by atoms with Crippen LogP contribution in [0.3, 0.4) is 0 Å². The number of amides is 1. The van der Waals surface area contributed by atoms with Crippen molar-refractivity contribution in [2.45, 2.75) is 0 Å². The Morgan fingerprint density at radius 3 is 3.17 bits per heavy atom. The number of thioether (sulfide) groups is 1. The van der Waals surface area contributed by atoms with Gasteiger partial charge in [0.1, 0.15) is 0 Å². The van der Waals surface area contributed by atoms with Crippen LogP contribution in [-0.2, 0) is 0 Å². The first-order valence-corrected chi connectivity index (χ1v) is 7.01. The maximum Gasteiger partial charge on any atom is 0.253 e. The van der Waals surface area contributed by atoms with Crippen molar-refractivity contribution in [2.24, 2.45) is 0 Å². The summed E-state index contributed by atoms with van der Waals surface area (Å²) in [5.74, 6) is 1.79. The van der Waals surface area contributed by atoms with Crippen molar-refractivity contribution in [3.8, 4) is 0 Å². The van der Waals surface area contributed by atoms with E-state index in [9.17, 15) is 4.79 Å². The van der Waals surface area contributed by atoms with Crippen molar-refractivity contribution in [3.05, 3.63) is 48.7 Å². The molecule has 0 aliphatic rings. The smallest absolute Gasteiger partial charge is 0.253 e. The lowest BCUT2D eigenvalue weighted by molar-refractivity contribution is 0.0957. The summed E-state index contributed by atoms with van der Waals surface area (Å²) in [7, 11) is 0. The predicted molar refractivity (Wildman–Crippen MR) is 78.2 cm³/mol. The lowest BCUT2D eigenvalue weighted by Gasteiger charge is -2.05. The minimum atomic E-state index is -0.0257. The molecule has 0 radical (unpaired) electrons. The van der Waals surface area contributed by atoms with Crippen molar-refractivity contribution in [2.75, 3.05) is 18.1 Å². The second-order valence-corrected chi connectivity index (χ2v) is 5.02. The van der Waals surface area contributed by atoms with Gasteiger partial charge >= 0.3 is 0 Å². The SMILES string of the molecule is C=CCSCCNC(=O)c1cccc2cc[nH]c12. The number of fused-ring (bicyclic) bond motifs is 1. The van der Waals surface area contributed by atoms with E-state index < -0.39 is 0 Å². The predicted octanol–water partition coefficient (Wildman–Crippen LogP) is 2.82. The van der Waals surface area contributed by atoms with Crippen LogP contribution in [0.1, 0.15) is 10.4 Å². The molecule has 1 heterocycles. The van der Waals surface area contributed by atoms with Gasteiger partial charge in [0.2, 0.25) is 0 Å². The maximum atomic E-state index is 12.0. The zero-order chi connectivity index (χ0) is 12.8. The van der Waals surface area contributed by atoms with Crippen molar-refractivity contribution < 1.29 is 4.79 Å². The van der Waals surface area contributed by atoms with E-state index in [1.165, 1.54) is 0 Å². The fourth-order valence-corrected chi connectivity index (χ4v) is 2.35. The Kier molecular flexibility index (Phi) is 4.47. The van der Waals surface area contributed by atoms with Crippen LogP contribution in [0, 0.1) is 0 Å². The van der Waals surface area contributed by atoms with E-state index in [0.29, 0.717) is 12.1 Å². The van der Waals surface area contributed by atoms with Crippen molar-refractivity contribution in [3.63, 3.8) is 0 Å². The van der Waals surface area contributed by atoms with Crippen LogP contribution in [0.4, 0.5) is 0 Å². The van der Waals surface area contributed by atoms with E-state index in [2.05, 4.69) is 16.9 Å². The molecule has 1 aromatic carbocycles. The van der Waals surface area contributed by atoms with Gasteiger partial charge in [0.25, 0.3) is 5.91 Å². The van der Waals surface area contributed by atoms with Crippen LogP contribution in [0.15, 0.2) is 43.1 Å². The van der Waals surface area contributed by atoms with E-state index >= 15 is 0 Å². The summed E-state index contributed by atoms with van der Waals surface area (Å²) in [5.41, 5.74) is 1.60. The number of rotatable bonds is 6. The van der Waals surface area contributed by atoms with Gasteiger partial charge in [-0.1, -0.05) is 18.2 Å². The summed E-state index contributed by atoms with van der Waals surface area (Å²) in [6.07, 6.45) is 3.72. The number of aromatic amines is 1. The van der Waals surface area contributed by atoms with E-state index in [4.69, 9.17) is 0 Å². The third kappa shape index (κ3) is 2.96.